The van der Waals surface area contributed by atoms with Crippen molar-refractivity contribution in [1.82, 2.24) is 5.32 Å². The van der Waals surface area contributed by atoms with Gasteiger partial charge in [0.1, 0.15) is 6.61 Å². The van der Waals surface area contributed by atoms with Crippen LogP contribution in [0.1, 0.15) is 27.9 Å². The SMILES string of the molecule is C=CCC(CNC(=O)OCc1ccccc1)C(=O)c1ccccc1C. The summed E-state index contributed by atoms with van der Waals surface area (Å²) in [4.78, 5) is 24.6. The Labute approximate surface area is 148 Å². The number of alkyl carbamates (subject to hydrolysis) is 1. The molecule has 0 saturated heterocycles. The third kappa shape index (κ3) is 5.60. The molecule has 0 aromatic heterocycles. The number of hydrogen-bond acceptors (Lipinski definition) is 3. The zero-order valence-corrected chi connectivity index (χ0v) is 14.4. The van der Waals surface area contributed by atoms with Crippen molar-refractivity contribution in [3.8, 4) is 0 Å². The number of ketones is 1. The Morgan fingerprint density at radius 2 is 1.80 bits per heavy atom. The van der Waals surface area contributed by atoms with Crippen LogP contribution in [0.2, 0.25) is 0 Å². The first-order valence-corrected chi connectivity index (χ1v) is 8.27. The maximum Gasteiger partial charge on any atom is 0.407 e. The molecule has 0 aliphatic carbocycles. The number of aryl methyl sites for hydroxylation is 1. The molecule has 0 fully saturated rings. The third-order valence-corrected chi connectivity index (χ3v) is 3.94. The van der Waals surface area contributed by atoms with Crippen LogP contribution in [-0.4, -0.2) is 18.4 Å². The molecule has 0 heterocycles. The number of benzene rings is 2. The third-order valence-electron chi connectivity index (χ3n) is 3.94. The van der Waals surface area contributed by atoms with E-state index in [1.165, 1.54) is 0 Å². The molecule has 2 rings (SSSR count). The van der Waals surface area contributed by atoms with E-state index in [1.807, 2.05) is 61.5 Å². The van der Waals surface area contributed by atoms with E-state index in [4.69, 9.17) is 4.74 Å². The molecular weight excluding hydrogens is 314 g/mol. The lowest BCUT2D eigenvalue weighted by Gasteiger charge is -2.16. The first kappa shape index (κ1) is 18.5. The monoisotopic (exact) mass is 337 g/mol. The first-order chi connectivity index (χ1) is 12.1. The van der Waals surface area contributed by atoms with E-state index in [0.29, 0.717) is 12.0 Å². The normalized spacial score (nSPS) is 11.4. The summed E-state index contributed by atoms with van der Waals surface area (Å²) < 4.78 is 5.18. The number of ether oxygens (including phenoxy) is 1. The number of Topliss-reactive ketones (excluding diaryl/α,β-unsaturated/α-hetero) is 1. The van der Waals surface area contributed by atoms with Gasteiger partial charge in [-0.15, -0.1) is 6.58 Å². The summed E-state index contributed by atoms with van der Waals surface area (Å²) in [6, 6.07) is 16.9. The van der Waals surface area contributed by atoms with Gasteiger partial charge in [0.05, 0.1) is 0 Å². The van der Waals surface area contributed by atoms with Crippen molar-refractivity contribution in [2.75, 3.05) is 6.54 Å². The van der Waals surface area contributed by atoms with Crippen LogP contribution in [0.5, 0.6) is 0 Å². The summed E-state index contributed by atoms with van der Waals surface area (Å²) in [5.74, 6) is -0.357. The fraction of sp³-hybridized carbons (Fsp3) is 0.238. The van der Waals surface area contributed by atoms with E-state index in [-0.39, 0.29) is 24.9 Å². The molecule has 0 saturated carbocycles. The van der Waals surface area contributed by atoms with Gasteiger partial charge in [-0.3, -0.25) is 4.79 Å². The van der Waals surface area contributed by atoms with Crippen LogP contribution in [0.4, 0.5) is 4.79 Å². The lowest BCUT2D eigenvalue weighted by molar-refractivity contribution is 0.0914. The molecule has 4 heteroatoms. The van der Waals surface area contributed by atoms with Crippen LogP contribution < -0.4 is 5.32 Å². The Kier molecular flexibility index (Phi) is 6.96. The molecule has 1 N–H and O–H groups in total. The van der Waals surface area contributed by atoms with Crippen molar-refractivity contribution in [1.29, 1.82) is 0 Å². The Morgan fingerprint density at radius 1 is 1.12 bits per heavy atom. The van der Waals surface area contributed by atoms with Crippen molar-refractivity contribution in [3.05, 3.63) is 83.9 Å². The highest BCUT2D eigenvalue weighted by Crippen LogP contribution is 2.16. The number of carbonyl (C=O) groups excluding carboxylic acids is 2. The highest BCUT2D eigenvalue weighted by atomic mass is 16.5. The zero-order valence-electron chi connectivity index (χ0n) is 14.4. The molecule has 0 bridgehead atoms. The number of rotatable bonds is 8. The highest BCUT2D eigenvalue weighted by molar-refractivity contribution is 5.99. The molecule has 4 nitrogen and oxygen atoms in total. The van der Waals surface area contributed by atoms with E-state index in [9.17, 15) is 9.59 Å². The van der Waals surface area contributed by atoms with Crippen molar-refractivity contribution in [2.24, 2.45) is 5.92 Å². The number of carbonyl (C=O) groups is 2. The predicted molar refractivity (Wildman–Crippen MR) is 98.4 cm³/mol. The van der Waals surface area contributed by atoms with Gasteiger partial charge in [0.15, 0.2) is 5.78 Å². The molecule has 1 unspecified atom stereocenters. The fourth-order valence-corrected chi connectivity index (χ4v) is 2.53. The van der Waals surface area contributed by atoms with Gasteiger partial charge < -0.3 is 10.1 Å². The summed E-state index contributed by atoms with van der Waals surface area (Å²) in [6.45, 7) is 6.02. The second-order valence-corrected chi connectivity index (χ2v) is 5.84. The molecule has 0 radical (unpaired) electrons. The Morgan fingerprint density at radius 3 is 2.48 bits per heavy atom. The summed E-state index contributed by atoms with van der Waals surface area (Å²) in [7, 11) is 0. The van der Waals surface area contributed by atoms with Crippen molar-refractivity contribution < 1.29 is 14.3 Å². The van der Waals surface area contributed by atoms with Gasteiger partial charge in [0.25, 0.3) is 0 Å². The van der Waals surface area contributed by atoms with Crippen LogP contribution in [0.15, 0.2) is 67.3 Å². The van der Waals surface area contributed by atoms with Gasteiger partial charge in [0.2, 0.25) is 0 Å². The summed E-state index contributed by atoms with van der Waals surface area (Å²) in [6.07, 6.45) is 1.65. The standard InChI is InChI=1S/C21H23NO3/c1-3-9-18(20(23)19-13-8-7-10-16(19)2)14-22-21(24)25-15-17-11-5-4-6-12-17/h3-8,10-13,18H,1,9,14-15H2,2H3,(H,22,24). The minimum atomic E-state index is -0.532. The van der Waals surface area contributed by atoms with Gasteiger partial charge in [-0.05, 0) is 24.5 Å². The largest absolute Gasteiger partial charge is 0.445 e. The minimum absolute atomic E-state index is 0.00126. The lowest BCUT2D eigenvalue weighted by atomic mass is 9.92. The zero-order chi connectivity index (χ0) is 18.1. The summed E-state index contributed by atoms with van der Waals surface area (Å²) >= 11 is 0. The molecule has 0 aliphatic heterocycles. The van der Waals surface area contributed by atoms with E-state index in [0.717, 1.165) is 11.1 Å². The topological polar surface area (TPSA) is 55.4 Å². The number of nitrogens with one attached hydrogen (secondary N) is 1. The second kappa shape index (κ2) is 9.42. The molecule has 1 amide bonds. The van der Waals surface area contributed by atoms with Gasteiger partial charge in [-0.2, -0.15) is 0 Å². The highest BCUT2D eigenvalue weighted by Gasteiger charge is 2.21. The second-order valence-electron chi connectivity index (χ2n) is 5.84. The van der Waals surface area contributed by atoms with E-state index in [2.05, 4.69) is 11.9 Å². The Bertz CT molecular complexity index is 725. The van der Waals surface area contributed by atoms with Crippen molar-refractivity contribution in [2.45, 2.75) is 20.0 Å². The molecule has 2 aromatic carbocycles. The fourth-order valence-electron chi connectivity index (χ4n) is 2.53. The molecule has 0 spiro atoms. The van der Waals surface area contributed by atoms with Crippen molar-refractivity contribution >= 4 is 11.9 Å². The molecule has 0 aliphatic rings. The molecular formula is C21H23NO3. The van der Waals surface area contributed by atoms with E-state index in [1.54, 1.807) is 6.08 Å². The van der Waals surface area contributed by atoms with Gasteiger partial charge >= 0.3 is 6.09 Å². The van der Waals surface area contributed by atoms with Crippen molar-refractivity contribution in [3.63, 3.8) is 0 Å². The molecule has 25 heavy (non-hydrogen) atoms. The Balaban J connectivity index is 1.90. The van der Waals surface area contributed by atoms with E-state index < -0.39 is 6.09 Å². The molecule has 130 valence electrons. The minimum Gasteiger partial charge on any atom is -0.445 e. The summed E-state index contributed by atoms with van der Waals surface area (Å²) in [5, 5.41) is 2.68. The van der Waals surface area contributed by atoms with Crippen LogP contribution in [0.3, 0.4) is 0 Å². The van der Waals surface area contributed by atoms with Crippen LogP contribution in [0.25, 0.3) is 0 Å². The van der Waals surface area contributed by atoms with E-state index >= 15 is 0 Å². The number of allylic oxidation sites excluding steroid dienone is 1. The van der Waals surface area contributed by atoms with Gasteiger partial charge in [-0.25, -0.2) is 4.79 Å². The van der Waals surface area contributed by atoms with Crippen LogP contribution in [0, 0.1) is 12.8 Å². The predicted octanol–water partition coefficient (Wildman–Crippen LogP) is 4.30. The quantitative estimate of drug-likeness (QED) is 0.577. The lowest BCUT2D eigenvalue weighted by Crippen LogP contribution is -2.33. The van der Waals surface area contributed by atoms with Crippen LogP contribution in [-0.2, 0) is 11.3 Å². The summed E-state index contributed by atoms with van der Waals surface area (Å²) in [5.41, 5.74) is 2.51. The number of hydrogen-bond donors (Lipinski definition) is 1. The van der Waals surface area contributed by atoms with Gasteiger partial charge in [0, 0.05) is 18.0 Å². The van der Waals surface area contributed by atoms with Crippen LogP contribution >= 0.6 is 0 Å². The smallest absolute Gasteiger partial charge is 0.407 e. The number of amides is 1. The molecule has 2 aromatic rings. The average Bonchev–Trinajstić information content (AvgIpc) is 2.64. The molecule has 1 atom stereocenters. The first-order valence-electron chi connectivity index (χ1n) is 8.27. The Hall–Kier alpha value is -2.88. The van der Waals surface area contributed by atoms with Gasteiger partial charge in [-0.1, -0.05) is 60.7 Å². The maximum absolute atomic E-state index is 12.7. The maximum atomic E-state index is 12.7. The average molecular weight is 337 g/mol.